The zero-order valence-electron chi connectivity index (χ0n) is 14.0. The van der Waals surface area contributed by atoms with Crippen LogP contribution in [0.1, 0.15) is 24.1 Å². The van der Waals surface area contributed by atoms with Crippen LogP contribution < -0.4 is 10.1 Å². The first-order valence-electron chi connectivity index (χ1n) is 8.08. The number of nitriles is 1. The minimum Gasteiger partial charge on any atom is -0.491 e. The molecule has 1 amide bonds. The van der Waals surface area contributed by atoms with Gasteiger partial charge in [0.25, 0.3) is 0 Å². The van der Waals surface area contributed by atoms with Crippen molar-refractivity contribution < 1.29 is 14.6 Å². The Kier molecular flexibility index (Phi) is 4.57. The van der Waals surface area contributed by atoms with E-state index >= 15 is 0 Å². The standard InChI is InChI=1S/C19H19N3O3/c1-13-17(15-4-2-14(9-20)3-5-15)8-16(10-21-13)25-12-19(6-7-19)11-22-18(23)24/h2-5,8,10,22H,6-7,11-12H2,1H3,(H,23,24). The summed E-state index contributed by atoms with van der Waals surface area (Å²) in [6, 6.07) is 11.4. The Morgan fingerprint density at radius 2 is 2.12 bits per heavy atom. The van der Waals surface area contributed by atoms with Crippen LogP contribution in [0, 0.1) is 23.7 Å². The maximum Gasteiger partial charge on any atom is 0.404 e. The van der Waals surface area contributed by atoms with E-state index in [1.54, 1.807) is 18.3 Å². The molecule has 1 aliphatic rings. The van der Waals surface area contributed by atoms with Crippen molar-refractivity contribution in [2.75, 3.05) is 13.2 Å². The lowest BCUT2D eigenvalue weighted by atomic mass is 10.0. The van der Waals surface area contributed by atoms with Crippen LogP contribution in [0.3, 0.4) is 0 Å². The Balaban J connectivity index is 1.71. The van der Waals surface area contributed by atoms with Crippen LogP contribution in [0.4, 0.5) is 4.79 Å². The maximum atomic E-state index is 10.7. The van der Waals surface area contributed by atoms with Crippen LogP contribution in [-0.2, 0) is 0 Å². The molecule has 0 unspecified atom stereocenters. The van der Waals surface area contributed by atoms with Gasteiger partial charge < -0.3 is 15.2 Å². The number of carboxylic acid groups (broad SMARTS) is 1. The number of rotatable bonds is 6. The summed E-state index contributed by atoms with van der Waals surface area (Å²) in [7, 11) is 0. The van der Waals surface area contributed by atoms with Gasteiger partial charge in [0.05, 0.1) is 24.4 Å². The van der Waals surface area contributed by atoms with Gasteiger partial charge in [0.1, 0.15) is 5.75 Å². The number of hydrogen-bond acceptors (Lipinski definition) is 4. The number of pyridine rings is 1. The smallest absolute Gasteiger partial charge is 0.404 e. The first-order valence-corrected chi connectivity index (χ1v) is 8.08. The molecule has 1 aromatic carbocycles. The highest BCUT2D eigenvalue weighted by molar-refractivity contribution is 5.67. The van der Waals surface area contributed by atoms with E-state index in [4.69, 9.17) is 15.1 Å². The predicted molar refractivity (Wildman–Crippen MR) is 92.3 cm³/mol. The molecule has 0 bridgehead atoms. The molecule has 0 aliphatic heterocycles. The third kappa shape index (κ3) is 4.07. The molecule has 128 valence electrons. The van der Waals surface area contributed by atoms with Gasteiger partial charge in [-0.1, -0.05) is 12.1 Å². The monoisotopic (exact) mass is 337 g/mol. The number of amides is 1. The third-order valence-electron chi connectivity index (χ3n) is 4.50. The van der Waals surface area contributed by atoms with E-state index in [9.17, 15) is 4.79 Å². The fraction of sp³-hybridized carbons (Fsp3) is 0.316. The molecule has 6 nitrogen and oxygen atoms in total. The molecule has 0 spiro atoms. The number of aromatic nitrogens is 1. The molecule has 25 heavy (non-hydrogen) atoms. The van der Waals surface area contributed by atoms with Crippen molar-refractivity contribution in [3.8, 4) is 22.9 Å². The molecule has 0 atom stereocenters. The molecule has 0 radical (unpaired) electrons. The number of nitrogens with one attached hydrogen (secondary N) is 1. The van der Waals surface area contributed by atoms with E-state index in [-0.39, 0.29) is 5.41 Å². The van der Waals surface area contributed by atoms with Crippen molar-refractivity contribution in [3.05, 3.63) is 47.8 Å². The normalized spacial score (nSPS) is 14.4. The van der Waals surface area contributed by atoms with Crippen molar-refractivity contribution in [1.82, 2.24) is 10.3 Å². The highest BCUT2D eigenvalue weighted by Crippen LogP contribution is 2.45. The summed E-state index contributed by atoms with van der Waals surface area (Å²) in [5.74, 6) is 0.659. The molecular formula is C19H19N3O3. The third-order valence-corrected chi connectivity index (χ3v) is 4.50. The summed E-state index contributed by atoms with van der Waals surface area (Å²) in [6.07, 6.45) is 2.58. The van der Waals surface area contributed by atoms with E-state index in [1.165, 1.54) is 0 Å². The van der Waals surface area contributed by atoms with Crippen LogP contribution in [-0.4, -0.2) is 29.3 Å². The number of benzene rings is 1. The van der Waals surface area contributed by atoms with Crippen LogP contribution >= 0.6 is 0 Å². The van der Waals surface area contributed by atoms with Gasteiger partial charge in [0.15, 0.2) is 0 Å². The molecule has 0 saturated heterocycles. The molecule has 3 rings (SSSR count). The molecule has 1 aromatic heterocycles. The highest BCUT2D eigenvalue weighted by Gasteiger charge is 2.43. The number of carbonyl (C=O) groups is 1. The van der Waals surface area contributed by atoms with Crippen LogP contribution in [0.25, 0.3) is 11.1 Å². The average Bonchev–Trinajstić information content (AvgIpc) is 3.40. The molecule has 1 saturated carbocycles. The number of hydrogen-bond donors (Lipinski definition) is 2. The fourth-order valence-corrected chi connectivity index (χ4v) is 2.66. The Morgan fingerprint density at radius 3 is 2.72 bits per heavy atom. The van der Waals surface area contributed by atoms with Gasteiger partial charge in [-0.2, -0.15) is 5.26 Å². The topological polar surface area (TPSA) is 95.2 Å². The summed E-state index contributed by atoms with van der Waals surface area (Å²) in [6.45, 7) is 2.80. The van der Waals surface area contributed by atoms with Gasteiger partial charge in [-0.15, -0.1) is 0 Å². The Hall–Kier alpha value is -3.07. The van der Waals surface area contributed by atoms with E-state index < -0.39 is 6.09 Å². The quantitative estimate of drug-likeness (QED) is 0.843. The van der Waals surface area contributed by atoms with Gasteiger partial charge >= 0.3 is 6.09 Å². The van der Waals surface area contributed by atoms with E-state index in [0.717, 1.165) is 29.7 Å². The summed E-state index contributed by atoms with van der Waals surface area (Å²) < 4.78 is 5.88. The van der Waals surface area contributed by atoms with E-state index in [0.29, 0.717) is 24.5 Å². The second-order valence-electron chi connectivity index (χ2n) is 6.44. The predicted octanol–water partition coefficient (Wildman–Crippen LogP) is 3.36. The summed E-state index contributed by atoms with van der Waals surface area (Å²) in [5, 5.41) is 20.1. The van der Waals surface area contributed by atoms with Crippen molar-refractivity contribution in [3.63, 3.8) is 0 Å². The summed E-state index contributed by atoms with van der Waals surface area (Å²) in [5.41, 5.74) is 3.32. The molecule has 1 heterocycles. The van der Waals surface area contributed by atoms with Gasteiger partial charge in [-0.25, -0.2) is 4.79 Å². The highest BCUT2D eigenvalue weighted by atomic mass is 16.5. The first kappa shape index (κ1) is 16.8. The second-order valence-corrected chi connectivity index (χ2v) is 6.44. The van der Waals surface area contributed by atoms with Crippen molar-refractivity contribution in [2.24, 2.45) is 5.41 Å². The lowest BCUT2D eigenvalue weighted by Crippen LogP contribution is -2.31. The van der Waals surface area contributed by atoms with Gasteiger partial charge in [-0.3, -0.25) is 4.98 Å². The van der Waals surface area contributed by atoms with Crippen molar-refractivity contribution in [1.29, 1.82) is 5.26 Å². The zero-order chi connectivity index (χ0) is 17.9. The summed E-state index contributed by atoms with van der Waals surface area (Å²) >= 11 is 0. The zero-order valence-corrected chi connectivity index (χ0v) is 14.0. The fourth-order valence-electron chi connectivity index (χ4n) is 2.66. The van der Waals surface area contributed by atoms with Crippen LogP contribution in [0.15, 0.2) is 36.5 Å². The Morgan fingerprint density at radius 1 is 1.40 bits per heavy atom. The minimum absolute atomic E-state index is 0.0993. The van der Waals surface area contributed by atoms with Crippen LogP contribution in [0.5, 0.6) is 5.75 Å². The SMILES string of the molecule is Cc1ncc(OCC2(CNC(=O)O)CC2)cc1-c1ccc(C#N)cc1. The van der Waals surface area contributed by atoms with Gasteiger partial charge in [0.2, 0.25) is 0 Å². The van der Waals surface area contributed by atoms with Crippen molar-refractivity contribution in [2.45, 2.75) is 19.8 Å². The maximum absolute atomic E-state index is 10.7. The number of nitrogens with zero attached hydrogens (tertiary/aromatic N) is 2. The van der Waals surface area contributed by atoms with Gasteiger partial charge in [0, 0.05) is 23.2 Å². The van der Waals surface area contributed by atoms with Crippen molar-refractivity contribution >= 4 is 6.09 Å². The summed E-state index contributed by atoms with van der Waals surface area (Å²) in [4.78, 5) is 15.0. The minimum atomic E-state index is -1.01. The largest absolute Gasteiger partial charge is 0.491 e. The van der Waals surface area contributed by atoms with E-state index in [2.05, 4.69) is 16.4 Å². The molecule has 1 aliphatic carbocycles. The Labute approximate surface area is 146 Å². The number of aryl methyl sites for hydroxylation is 1. The molecular weight excluding hydrogens is 318 g/mol. The average molecular weight is 337 g/mol. The Bertz CT molecular complexity index is 821. The molecule has 2 aromatic rings. The van der Waals surface area contributed by atoms with Gasteiger partial charge in [-0.05, 0) is 43.5 Å². The first-order chi connectivity index (χ1) is 12.0. The lowest BCUT2D eigenvalue weighted by molar-refractivity contribution is 0.184. The molecule has 1 fully saturated rings. The lowest BCUT2D eigenvalue weighted by Gasteiger charge is -2.16. The molecule has 6 heteroatoms. The molecule has 2 N–H and O–H groups in total. The van der Waals surface area contributed by atoms with Crippen LogP contribution in [0.2, 0.25) is 0 Å². The number of ether oxygens (including phenoxy) is 1. The second kappa shape index (κ2) is 6.81. The van der Waals surface area contributed by atoms with E-state index in [1.807, 2.05) is 25.1 Å².